The summed E-state index contributed by atoms with van der Waals surface area (Å²) in [6, 6.07) is 4.90. The third-order valence-corrected chi connectivity index (χ3v) is 6.68. The maximum atomic E-state index is 13.2. The van der Waals surface area contributed by atoms with E-state index >= 15 is 0 Å². The molecule has 128 valence electrons. The zero-order valence-electron chi connectivity index (χ0n) is 14.2. The number of nitrogens with zero attached hydrogens (tertiary/aromatic N) is 1. The van der Waals surface area contributed by atoms with Crippen molar-refractivity contribution >= 4 is 23.3 Å². The molecule has 0 unspecified atom stereocenters. The smallest absolute Gasteiger partial charge is 0.238 e. The topological polar surface area (TPSA) is 63.7 Å². The second-order valence-corrected chi connectivity index (χ2v) is 7.68. The van der Waals surface area contributed by atoms with Gasteiger partial charge in [0.25, 0.3) is 0 Å². The summed E-state index contributed by atoms with van der Waals surface area (Å²) in [6.45, 7) is 1.47. The molecular weight excluding hydrogens is 318 g/mol. The van der Waals surface area contributed by atoms with Gasteiger partial charge in [0.15, 0.2) is 5.78 Å². The van der Waals surface area contributed by atoms with Crippen molar-refractivity contribution in [1.82, 2.24) is 0 Å². The lowest BCUT2D eigenvalue weighted by atomic mass is 9.85. The first-order valence-corrected chi connectivity index (χ1v) is 8.75. The number of hydrogen-bond donors (Lipinski definition) is 0. The molecule has 25 heavy (non-hydrogen) atoms. The average Bonchev–Trinajstić information content (AvgIpc) is 3.19. The molecule has 2 saturated carbocycles. The molecule has 2 amide bonds. The minimum atomic E-state index is -0.254. The number of fused-ring (bicyclic) bond motifs is 3. The van der Waals surface area contributed by atoms with Crippen LogP contribution in [0.15, 0.2) is 30.4 Å². The highest BCUT2D eigenvalue weighted by molar-refractivity contribution is 6.24. The fourth-order valence-electron chi connectivity index (χ4n) is 5.40. The number of rotatable bonds is 3. The van der Waals surface area contributed by atoms with Crippen LogP contribution in [-0.2, 0) is 9.59 Å². The van der Waals surface area contributed by atoms with Crippen molar-refractivity contribution in [1.29, 1.82) is 0 Å². The number of imide groups is 1. The Balaban J connectivity index is 1.59. The van der Waals surface area contributed by atoms with E-state index in [2.05, 4.69) is 12.2 Å². The molecule has 3 fully saturated rings. The lowest BCUT2D eigenvalue weighted by Crippen LogP contribution is -2.35. The number of allylic oxidation sites excluding steroid dienone is 2. The molecule has 0 N–H and O–H groups in total. The zero-order chi connectivity index (χ0) is 17.5. The predicted molar refractivity (Wildman–Crippen MR) is 90.3 cm³/mol. The van der Waals surface area contributed by atoms with Crippen LogP contribution < -0.4 is 9.64 Å². The number of methoxy groups -OCH3 is 1. The highest BCUT2D eigenvalue weighted by Crippen LogP contribution is 2.73. The Labute approximate surface area is 145 Å². The van der Waals surface area contributed by atoms with Gasteiger partial charge in [0.05, 0.1) is 24.6 Å². The van der Waals surface area contributed by atoms with Crippen LogP contribution in [0.3, 0.4) is 0 Å². The molecule has 4 aliphatic rings. The Bertz CT molecular complexity index is 832. The number of ketones is 1. The first kappa shape index (κ1) is 14.9. The molecule has 0 radical (unpaired) electrons. The summed E-state index contributed by atoms with van der Waals surface area (Å²) in [5, 5.41) is 0. The summed E-state index contributed by atoms with van der Waals surface area (Å²) in [6.07, 6.45) is 6.53. The summed E-state index contributed by atoms with van der Waals surface area (Å²) in [5.74, 6) is -0.0903. The Hall–Kier alpha value is -2.43. The molecule has 1 saturated heterocycles. The second-order valence-electron chi connectivity index (χ2n) is 7.68. The SMILES string of the molecule is COc1ccc(C(C)=O)cc1N1C(=O)[C@@H]2[C@H](C1=O)[C@@H]1C=C[C@@H]2C12CC2. The van der Waals surface area contributed by atoms with Crippen LogP contribution in [0.5, 0.6) is 5.75 Å². The fraction of sp³-hybridized carbons (Fsp3) is 0.450. The molecule has 1 aromatic carbocycles. The van der Waals surface area contributed by atoms with Crippen molar-refractivity contribution in [2.24, 2.45) is 29.1 Å². The normalized spacial score (nSPS) is 33.3. The largest absolute Gasteiger partial charge is 0.495 e. The third-order valence-electron chi connectivity index (χ3n) is 6.68. The molecule has 2 bridgehead atoms. The lowest BCUT2D eigenvalue weighted by molar-refractivity contribution is -0.123. The Kier molecular flexibility index (Phi) is 2.73. The lowest BCUT2D eigenvalue weighted by Gasteiger charge is -2.23. The summed E-state index contributed by atoms with van der Waals surface area (Å²) in [4.78, 5) is 39.4. The summed E-state index contributed by atoms with van der Waals surface area (Å²) >= 11 is 0. The van der Waals surface area contributed by atoms with E-state index in [1.54, 1.807) is 18.2 Å². The molecule has 1 aliphatic heterocycles. The quantitative estimate of drug-likeness (QED) is 0.483. The summed E-state index contributed by atoms with van der Waals surface area (Å²) in [7, 11) is 1.50. The average molecular weight is 337 g/mol. The van der Waals surface area contributed by atoms with Crippen LogP contribution in [0, 0.1) is 29.1 Å². The molecule has 1 spiro atoms. The van der Waals surface area contributed by atoms with E-state index in [1.807, 2.05) is 0 Å². The van der Waals surface area contributed by atoms with E-state index < -0.39 is 0 Å². The van der Waals surface area contributed by atoms with E-state index in [0.717, 1.165) is 12.8 Å². The Morgan fingerprint density at radius 1 is 1.12 bits per heavy atom. The zero-order valence-corrected chi connectivity index (χ0v) is 14.2. The van der Waals surface area contributed by atoms with Gasteiger partial charge < -0.3 is 4.74 Å². The van der Waals surface area contributed by atoms with Gasteiger partial charge in [0, 0.05) is 5.56 Å². The number of benzene rings is 1. The molecule has 5 heteroatoms. The van der Waals surface area contributed by atoms with Crippen molar-refractivity contribution in [2.45, 2.75) is 19.8 Å². The van der Waals surface area contributed by atoms with Gasteiger partial charge >= 0.3 is 0 Å². The van der Waals surface area contributed by atoms with Crippen LogP contribution in [0.4, 0.5) is 5.69 Å². The maximum absolute atomic E-state index is 13.2. The molecule has 4 atom stereocenters. The first-order valence-electron chi connectivity index (χ1n) is 8.75. The van der Waals surface area contributed by atoms with Crippen LogP contribution in [0.1, 0.15) is 30.1 Å². The van der Waals surface area contributed by atoms with E-state index in [1.165, 1.54) is 18.9 Å². The van der Waals surface area contributed by atoms with Crippen LogP contribution in [-0.4, -0.2) is 24.7 Å². The molecule has 1 heterocycles. The minimum absolute atomic E-state index is 0.109. The summed E-state index contributed by atoms with van der Waals surface area (Å²) < 4.78 is 5.36. The standard InChI is InChI=1S/C20H19NO4/c1-10(22)11-3-6-15(25-2)14(9-11)21-18(23)16-12-4-5-13(17(16)19(21)24)20(12)7-8-20/h3-6,9,12-13,16-17H,7-8H2,1-2H3/t12-,13-,16-,17+/m0/s1. The number of hydrogen-bond acceptors (Lipinski definition) is 4. The van der Waals surface area contributed by atoms with Gasteiger partial charge in [-0.15, -0.1) is 0 Å². The number of carbonyl (C=O) groups excluding carboxylic acids is 3. The van der Waals surface area contributed by atoms with Crippen LogP contribution in [0.2, 0.25) is 0 Å². The van der Waals surface area contributed by atoms with Gasteiger partial charge in [-0.3, -0.25) is 14.4 Å². The Morgan fingerprint density at radius 3 is 2.20 bits per heavy atom. The second kappa shape index (κ2) is 4.59. The number of Topliss-reactive ketones (excluding diaryl/α,β-unsaturated/α-hetero) is 1. The molecule has 5 rings (SSSR count). The van der Waals surface area contributed by atoms with Crippen LogP contribution in [0.25, 0.3) is 0 Å². The molecular formula is C20H19NO4. The summed E-state index contributed by atoms with van der Waals surface area (Å²) in [5.41, 5.74) is 1.04. The van der Waals surface area contributed by atoms with Crippen LogP contribution >= 0.6 is 0 Å². The number of anilines is 1. The molecule has 5 nitrogen and oxygen atoms in total. The molecule has 1 aromatic rings. The maximum Gasteiger partial charge on any atom is 0.238 e. The number of carbonyl (C=O) groups is 3. The predicted octanol–water partition coefficient (Wildman–Crippen LogP) is 2.60. The van der Waals surface area contributed by atoms with Crippen molar-refractivity contribution < 1.29 is 19.1 Å². The van der Waals surface area contributed by atoms with Gasteiger partial charge in [-0.25, -0.2) is 4.90 Å². The molecule has 3 aliphatic carbocycles. The van der Waals surface area contributed by atoms with Crippen molar-refractivity contribution in [2.75, 3.05) is 12.0 Å². The highest BCUT2D eigenvalue weighted by Gasteiger charge is 2.73. The van der Waals surface area contributed by atoms with Crippen molar-refractivity contribution in [3.63, 3.8) is 0 Å². The third kappa shape index (κ3) is 1.66. The fourth-order valence-corrected chi connectivity index (χ4v) is 5.40. The number of amides is 2. The highest BCUT2D eigenvalue weighted by atomic mass is 16.5. The van der Waals surface area contributed by atoms with E-state index in [9.17, 15) is 14.4 Å². The number of ether oxygens (including phenoxy) is 1. The van der Waals surface area contributed by atoms with Crippen molar-refractivity contribution in [3.05, 3.63) is 35.9 Å². The van der Waals surface area contributed by atoms with Gasteiger partial charge in [0.1, 0.15) is 5.75 Å². The van der Waals surface area contributed by atoms with Gasteiger partial charge in [0.2, 0.25) is 11.8 Å². The van der Waals surface area contributed by atoms with Gasteiger partial charge in [-0.2, -0.15) is 0 Å². The molecule has 0 aromatic heterocycles. The van der Waals surface area contributed by atoms with E-state index in [0.29, 0.717) is 17.0 Å². The van der Waals surface area contributed by atoms with E-state index in [-0.39, 0.29) is 46.7 Å². The minimum Gasteiger partial charge on any atom is -0.495 e. The van der Waals surface area contributed by atoms with E-state index in [4.69, 9.17) is 4.74 Å². The first-order chi connectivity index (χ1) is 12.0. The van der Waals surface area contributed by atoms with Gasteiger partial charge in [-0.1, -0.05) is 12.2 Å². The van der Waals surface area contributed by atoms with Gasteiger partial charge in [-0.05, 0) is 55.2 Å². The Morgan fingerprint density at radius 2 is 1.72 bits per heavy atom. The monoisotopic (exact) mass is 337 g/mol. The van der Waals surface area contributed by atoms with Crippen molar-refractivity contribution in [3.8, 4) is 5.75 Å².